The monoisotopic (exact) mass is 203 g/mol. The smallest absolute Gasteiger partial charge is 0.260 e. The average Bonchev–Trinajstić information content (AvgIpc) is 2.51. The molecule has 7 nitrogen and oxygen atoms in total. The van der Waals surface area contributed by atoms with Crippen LogP contribution in [0.3, 0.4) is 0 Å². The average molecular weight is 203 g/mol. The zero-order chi connectivity index (χ0) is 10.6. The molecule has 1 rings (SSSR count). The van der Waals surface area contributed by atoms with E-state index in [1.807, 2.05) is 0 Å². The van der Waals surface area contributed by atoms with Crippen LogP contribution in [0.1, 0.15) is 6.42 Å². The number of nitrogens with one attached hydrogen (secondary N) is 2. The summed E-state index contributed by atoms with van der Waals surface area (Å²) in [4.78, 5) is 26.0. The van der Waals surface area contributed by atoms with Crippen molar-refractivity contribution in [2.45, 2.75) is 18.6 Å². The number of β-amino-alcohol motifs (C(OH)–C–C–N with tert-alkyl or cyclic N) is 1. The molecule has 1 aliphatic rings. The number of amides is 2. The minimum absolute atomic E-state index is 0.339. The van der Waals surface area contributed by atoms with Gasteiger partial charge in [0.25, 0.3) is 5.91 Å². The number of hydrogen-bond acceptors (Lipinski definition) is 5. The largest absolute Gasteiger partial charge is 0.392 e. The molecule has 1 aliphatic heterocycles. The lowest BCUT2D eigenvalue weighted by atomic mass is 10.2. The third-order valence-electron chi connectivity index (χ3n) is 1.81. The van der Waals surface area contributed by atoms with Crippen LogP contribution in [0.15, 0.2) is 0 Å². The van der Waals surface area contributed by atoms with Gasteiger partial charge in [0.15, 0.2) is 6.61 Å². The number of hydroxylamine groups is 1. The van der Waals surface area contributed by atoms with Crippen LogP contribution in [0.25, 0.3) is 0 Å². The highest BCUT2D eigenvalue weighted by atomic mass is 16.7. The van der Waals surface area contributed by atoms with Gasteiger partial charge < -0.3 is 16.2 Å². The molecular formula is C7H13N3O4. The molecule has 80 valence electrons. The second-order valence-corrected chi connectivity index (χ2v) is 3.07. The predicted molar refractivity (Wildman–Crippen MR) is 45.7 cm³/mol. The van der Waals surface area contributed by atoms with Crippen LogP contribution in [0, 0.1) is 0 Å². The van der Waals surface area contributed by atoms with Crippen LogP contribution in [-0.2, 0) is 14.4 Å². The molecule has 5 N–H and O–H groups in total. The van der Waals surface area contributed by atoms with Crippen LogP contribution < -0.4 is 16.5 Å². The minimum atomic E-state index is -0.662. The van der Waals surface area contributed by atoms with Crippen LogP contribution >= 0.6 is 0 Å². The summed E-state index contributed by atoms with van der Waals surface area (Å²) in [5, 5.41) is 11.9. The van der Waals surface area contributed by atoms with Crippen LogP contribution in [0.2, 0.25) is 0 Å². The van der Waals surface area contributed by atoms with E-state index in [9.17, 15) is 9.59 Å². The topological polar surface area (TPSA) is 114 Å². The van der Waals surface area contributed by atoms with Crippen molar-refractivity contribution in [1.82, 2.24) is 10.8 Å². The van der Waals surface area contributed by atoms with Crippen molar-refractivity contribution in [3.8, 4) is 0 Å². The second kappa shape index (κ2) is 4.89. The van der Waals surface area contributed by atoms with Crippen molar-refractivity contribution in [2.24, 2.45) is 5.73 Å². The van der Waals surface area contributed by atoms with Gasteiger partial charge in [0.05, 0.1) is 12.1 Å². The molecule has 0 radical (unpaired) electrons. The van der Waals surface area contributed by atoms with Crippen molar-refractivity contribution in [2.75, 3.05) is 13.2 Å². The summed E-state index contributed by atoms with van der Waals surface area (Å²) in [5.74, 6) is -1.08. The standard InChI is InChI=1S/C7H13N3O4/c8-6(12)3-14-10-7(13)5-1-4(11)2-9-5/h4-5,9,11H,1-3H2,(H2,8,12)(H,10,13). The highest BCUT2D eigenvalue weighted by molar-refractivity contribution is 5.81. The molecule has 14 heavy (non-hydrogen) atoms. The van der Waals surface area contributed by atoms with E-state index < -0.39 is 24.0 Å². The molecule has 0 saturated carbocycles. The van der Waals surface area contributed by atoms with Crippen molar-refractivity contribution in [1.29, 1.82) is 0 Å². The Labute approximate surface area is 80.5 Å². The van der Waals surface area contributed by atoms with Gasteiger partial charge in [0.1, 0.15) is 0 Å². The lowest BCUT2D eigenvalue weighted by molar-refractivity contribution is -0.139. The summed E-state index contributed by atoms with van der Waals surface area (Å²) in [5.41, 5.74) is 6.85. The van der Waals surface area contributed by atoms with E-state index in [2.05, 4.69) is 15.6 Å². The molecule has 0 aliphatic carbocycles. The third kappa shape index (κ3) is 3.29. The molecule has 0 aromatic carbocycles. The fourth-order valence-corrected chi connectivity index (χ4v) is 1.17. The number of aliphatic hydroxyl groups excluding tert-OH is 1. The molecule has 1 heterocycles. The van der Waals surface area contributed by atoms with E-state index in [0.717, 1.165) is 0 Å². The maximum Gasteiger partial charge on any atom is 0.260 e. The highest BCUT2D eigenvalue weighted by Gasteiger charge is 2.28. The Morgan fingerprint density at radius 2 is 2.36 bits per heavy atom. The maximum absolute atomic E-state index is 11.2. The van der Waals surface area contributed by atoms with Gasteiger partial charge >= 0.3 is 0 Å². The van der Waals surface area contributed by atoms with E-state index in [0.29, 0.717) is 13.0 Å². The summed E-state index contributed by atoms with van der Waals surface area (Å²) in [6.45, 7) is 0.0227. The van der Waals surface area contributed by atoms with Crippen molar-refractivity contribution >= 4 is 11.8 Å². The van der Waals surface area contributed by atoms with Gasteiger partial charge in [-0.2, -0.15) is 0 Å². The number of aliphatic hydroxyl groups is 1. The summed E-state index contributed by atoms with van der Waals surface area (Å²) in [6, 6.07) is -0.474. The predicted octanol–water partition coefficient (Wildman–Crippen LogP) is -2.76. The molecule has 2 unspecified atom stereocenters. The van der Waals surface area contributed by atoms with E-state index in [1.165, 1.54) is 0 Å². The molecule has 2 atom stereocenters. The van der Waals surface area contributed by atoms with Gasteiger partial charge in [-0.05, 0) is 6.42 Å². The van der Waals surface area contributed by atoms with Crippen molar-refractivity contribution < 1.29 is 19.5 Å². The Balaban J connectivity index is 2.18. The van der Waals surface area contributed by atoms with Crippen LogP contribution in [-0.4, -0.2) is 42.2 Å². The Morgan fingerprint density at radius 3 is 2.86 bits per heavy atom. The fraction of sp³-hybridized carbons (Fsp3) is 0.714. The number of carbonyl (C=O) groups is 2. The number of primary amides is 1. The number of carbonyl (C=O) groups excluding carboxylic acids is 2. The molecule has 0 spiro atoms. The fourth-order valence-electron chi connectivity index (χ4n) is 1.17. The van der Waals surface area contributed by atoms with Crippen LogP contribution in [0.5, 0.6) is 0 Å². The normalized spacial score (nSPS) is 26.1. The van der Waals surface area contributed by atoms with E-state index in [4.69, 9.17) is 10.8 Å². The summed E-state index contributed by atoms with van der Waals surface area (Å²) in [7, 11) is 0. The SMILES string of the molecule is NC(=O)CONC(=O)C1CC(O)CN1. The summed E-state index contributed by atoms with van der Waals surface area (Å²) >= 11 is 0. The lowest BCUT2D eigenvalue weighted by Gasteiger charge is -2.09. The van der Waals surface area contributed by atoms with Gasteiger partial charge in [-0.3, -0.25) is 14.4 Å². The molecule has 0 aromatic heterocycles. The summed E-state index contributed by atoms with van der Waals surface area (Å²) < 4.78 is 0. The summed E-state index contributed by atoms with van der Waals surface area (Å²) in [6.07, 6.45) is -0.173. The molecule has 2 amide bonds. The first-order valence-corrected chi connectivity index (χ1v) is 4.21. The molecule has 7 heteroatoms. The highest BCUT2D eigenvalue weighted by Crippen LogP contribution is 2.05. The van der Waals surface area contributed by atoms with Crippen molar-refractivity contribution in [3.05, 3.63) is 0 Å². The Morgan fingerprint density at radius 1 is 1.64 bits per heavy atom. The van der Waals surface area contributed by atoms with E-state index in [-0.39, 0.29) is 6.61 Å². The second-order valence-electron chi connectivity index (χ2n) is 3.07. The zero-order valence-electron chi connectivity index (χ0n) is 7.53. The quantitative estimate of drug-likeness (QED) is 0.370. The first-order valence-electron chi connectivity index (χ1n) is 4.21. The lowest BCUT2D eigenvalue weighted by Crippen LogP contribution is -2.41. The Hall–Kier alpha value is -1.18. The van der Waals surface area contributed by atoms with Crippen molar-refractivity contribution in [3.63, 3.8) is 0 Å². The zero-order valence-corrected chi connectivity index (χ0v) is 7.53. The minimum Gasteiger partial charge on any atom is -0.392 e. The van der Waals surface area contributed by atoms with Crippen LogP contribution in [0.4, 0.5) is 0 Å². The molecule has 0 bridgehead atoms. The van der Waals surface area contributed by atoms with E-state index >= 15 is 0 Å². The number of hydrogen-bond donors (Lipinski definition) is 4. The molecule has 1 fully saturated rings. The third-order valence-corrected chi connectivity index (χ3v) is 1.81. The van der Waals surface area contributed by atoms with E-state index in [1.54, 1.807) is 0 Å². The van der Waals surface area contributed by atoms with Gasteiger partial charge in [-0.15, -0.1) is 0 Å². The van der Waals surface area contributed by atoms with Gasteiger partial charge in [-0.1, -0.05) is 0 Å². The molecule has 0 aromatic rings. The Bertz CT molecular complexity index is 233. The molecule has 1 saturated heterocycles. The maximum atomic E-state index is 11.2. The van der Waals surface area contributed by atoms with Gasteiger partial charge in [0, 0.05) is 6.54 Å². The van der Waals surface area contributed by atoms with Gasteiger partial charge in [-0.25, -0.2) is 5.48 Å². The molecular weight excluding hydrogens is 190 g/mol. The Kier molecular flexibility index (Phi) is 3.81. The van der Waals surface area contributed by atoms with Gasteiger partial charge in [0.2, 0.25) is 5.91 Å². The number of rotatable bonds is 4. The first-order chi connectivity index (χ1) is 6.59. The number of nitrogens with two attached hydrogens (primary N) is 1. The first kappa shape index (κ1) is 10.9.